The molecule has 1 aliphatic rings. The van der Waals surface area contributed by atoms with Gasteiger partial charge in [-0.25, -0.2) is 4.98 Å². The molecule has 0 aliphatic carbocycles. The van der Waals surface area contributed by atoms with Gasteiger partial charge >= 0.3 is 0 Å². The Morgan fingerprint density at radius 1 is 1.27 bits per heavy atom. The summed E-state index contributed by atoms with van der Waals surface area (Å²) in [5, 5.41) is 9.81. The molecule has 1 aromatic heterocycles. The van der Waals surface area contributed by atoms with E-state index in [4.69, 9.17) is 0 Å². The molecule has 30 heavy (non-hydrogen) atoms. The van der Waals surface area contributed by atoms with Crippen molar-refractivity contribution in [3.8, 4) is 0 Å². The fraction of sp³-hybridized carbons (Fsp3) is 0.500. The summed E-state index contributed by atoms with van der Waals surface area (Å²) in [7, 11) is 0. The predicted molar refractivity (Wildman–Crippen MR) is 135 cm³/mol. The summed E-state index contributed by atoms with van der Waals surface area (Å²) < 4.78 is 0. The number of carbonyl (C=O) groups excluding carboxylic acids is 1. The van der Waals surface area contributed by atoms with Gasteiger partial charge in [-0.3, -0.25) is 9.79 Å². The Balaban J connectivity index is 0.00000320. The molecular weight excluding hydrogens is 509 g/mol. The number of carbonyl (C=O) groups is 1. The van der Waals surface area contributed by atoms with Crippen LogP contribution < -0.4 is 10.6 Å². The Hall–Kier alpha value is -1.68. The second-order valence-corrected chi connectivity index (χ2v) is 8.30. The number of benzene rings is 1. The van der Waals surface area contributed by atoms with Crippen LogP contribution in [0.2, 0.25) is 0 Å². The maximum absolute atomic E-state index is 12.5. The number of aryl methyl sites for hydroxylation is 1. The monoisotopic (exact) mass is 541 g/mol. The van der Waals surface area contributed by atoms with E-state index in [0.29, 0.717) is 13.0 Å². The number of hydrogen-bond donors (Lipinski definition) is 2. The fourth-order valence-corrected chi connectivity index (χ4v) is 4.11. The number of fused-ring (bicyclic) bond motifs is 1. The van der Waals surface area contributed by atoms with E-state index in [0.717, 1.165) is 62.1 Å². The van der Waals surface area contributed by atoms with Crippen molar-refractivity contribution >= 4 is 47.2 Å². The number of aromatic nitrogens is 1. The molecule has 0 spiro atoms. The Labute approximate surface area is 200 Å². The van der Waals surface area contributed by atoms with Crippen LogP contribution in [0.4, 0.5) is 0 Å². The van der Waals surface area contributed by atoms with Gasteiger partial charge in [-0.2, -0.15) is 0 Å². The summed E-state index contributed by atoms with van der Waals surface area (Å²) in [6, 6.07) is 8.41. The van der Waals surface area contributed by atoms with E-state index in [1.165, 1.54) is 11.1 Å². The molecule has 164 valence electrons. The standard InChI is InChI=1S/C22H31N5OS.HI/c1-3-23-22(25-13-10-20-16-29-17(2)26-20)24-12-6-9-21(28)27-14-11-18-7-4-5-8-19(18)15-27;/h4-5,7-8,16H,3,6,9-15H2,1-2H3,(H2,23,24,25);1H. The summed E-state index contributed by atoms with van der Waals surface area (Å²) >= 11 is 1.68. The first-order valence-corrected chi connectivity index (χ1v) is 11.3. The highest BCUT2D eigenvalue weighted by Gasteiger charge is 2.19. The first kappa shape index (κ1) is 24.6. The van der Waals surface area contributed by atoms with Crippen molar-refractivity contribution in [1.29, 1.82) is 0 Å². The number of aliphatic imine (C=N–C) groups is 1. The minimum atomic E-state index is 0. The summed E-state index contributed by atoms with van der Waals surface area (Å²) in [5.74, 6) is 1.03. The van der Waals surface area contributed by atoms with Crippen LogP contribution in [0, 0.1) is 6.92 Å². The van der Waals surface area contributed by atoms with Gasteiger partial charge in [0, 0.05) is 50.9 Å². The van der Waals surface area contributed by atoms with Gasteiger partial charge in [0.25, 0.3) is 0 Å². The van der Waals surface area contributed by atoms with Gasteiger partial charge in [-0.15, -0.1) is 35.3 Å². The zero-order valence-electron chi connectivity index (χ0n) is 17.8. The van der Waals surface area contributed by atoms with Crippen LogP contribution in [0.1, 0.15) is 41.6 Å². The van der Waals surface area contributed by atoms with E-state index in [2.05, 4.69) is 51.1 Å². The number of hydrogen-bond acceptors (Lipinski definition) is 4. The molecule has 2 N–H and O–H groups in total. The Bertz CT molecular complexity index is 838. The molecule has 0 bridgehead atoms. The molecule has 0 unspecified atom stereocenters. The maximum Gasteiger partial charge on any atom is 0.222 e. The quantitative estimate of drug-likeness (QED) is 0.232. The molecule has 0 atom stereocenters. The molecule has 6 nitrogen and oxygen atoms in total. The SMILES string of the molecule is CCNC(=NCCCC(=O)N1CCc2ccccc2C1)NCCc1csc(C)n1.I. The van der Waals surface area contributed by atoms with Crippen molar-refractivity contribution in [2.75, 3.05) is 26.2 Å². The maximum atomic E-state index is 12.5. The van der Waals surface area contributed by atoms with Gasteiger partial charge in [0.15, 0.2) is 5.96 Å². The number of halogens is 1. The normalized spacial score (nSPS) is 13.4. The van der Waals surface area contributed by atoms with Crippen molar-refractivity contribution in [2.24, 2.45) is 4.99 Å². The van der Waals surface area contributed by atoms with Crippen molar-refractivity contribution in [1.82, 2.24) is 20.5 Å². The number of guanidine groups is 1. The van der Waals surface area contributed by atoms with Crippen LogP contribution in [0.25, 0.3) is 0 Å². The van der Waals surface area contributed by atoms with E-state index < -0.39 is 0 Å². The lowest BCUT2D eigenvalue weighted by Gasteiger charge is -2.28. The van der Waals surface area contributed by atoms with E-state index >= 15 is 0 Å². The summed E-state index contributed by atoms with van der Waals surface area (Å²) in [6.45, 7) is 7.88. The second kappa shape index (κ2) is 12.9. The van der Waals surface area contributed by atoms with Crippen LogP contribution in [0.3, 0.4) is 0 Å². The molecule has 1 amide bonds. The topological polar surface area (TPSA) is 69.6 Å². The van der Waals surface area contributed by atoms with Gasteiger partial charge in [-0.05, 0) is 37.8 Å². The minimum absolute atomic E-state index is 0. The summed E-state index contributed by atoms with van der Waals surface area (Å²) in [6.07, 6.45) is 3.14. The van der Waals surface area contributed by atoms with Crippen molar-refractivity contribution in [2.45, 2.75) is 46.1 Å². The Morgan fingerprint density at radius 2 is 2.07 bits per heavy atom. The highest BCUT2D eigenvalue weighted by Crippen LogP contribution is 2.19. The van der Waals surface area contributed by atoms with Crippen LogP contribution >= 0.6 is 35.3 Å². The second-order valence-electron chi connectivity index (χ2n) is 7.23. The third-order valence-corrected chi connectivity index (χ3v) is 5.81. The number of nitrogens with zero attached hydrogens (tertiary/aromatic N) is 3. The van der Waals surface area contributed by atoms with E-state index in [-0.39, 0.29) is 29.9 Å². The number of amides is 1. The Morgan fingerprint density at radius 3 is 2.80 bits per heavy atom. The first-order valence-electron chi connectivity index (χ1n) is 10.4. The van der Waals surface area contributed by atoms with E-state index in [9.17, 15) is 4.79 Å². The largest absolute Gasteiger partial charge is 0.357 e. The lowest BCUT2D eigenvalue weighted by molar-refractivity contribution is -0.132. The molecule has 3 rings (SSSR count). The average Bonchev–Trinajstić information content (AvgIpc) is 3.15. The zero-order chi connectivity index (χ0) is 20.5. The van der Waals surface area contributed by atoms with Gasteiger partial charge in [0.2, 0.25) is 5.91 Å². The number of rotatable bonds is 8. The van der Waals surface area contributed by atoms with Crippen molar-refractivity contribution in [3.05, 3.63) is 51.5 Å². The van der Waals surface area contributed by atoms with Crippen LogP contribution in [0.15, 0.2) is 34.6 Å². The van der Waals surface area contributed by atoms with E-state index in [1.807, 2.05) is 17.9 Å². The van der Waals surface area contributed by atoms with Gasteiger partial charge < -0.3 is 15.5 Å². The molecular formula is C22H32IN5OS. The molecule has 1 aromatic carbocycles. The third-order valence-electron chi connectivity index (χ3n) is 4.99. The highest BCUT2D eigenvalue weighted by molar-refractivity contribution is 14.0. The summed E-state index contributed by atoms with van der Waals surface area (Å²) in [4.78, 5) is 23.6. The molecule has 0 saturated heterocycles. The van der Waals surface area contributed by atoms with Crippen LogP contribution in [0.5, 0.6) is 0 Å². The van der Waals surface area contributed by atoms with Crippen molar-refractivity contribution in [3.63, 3.8) is 0 Å². The minimum Gasteiger partial charge on any atom is -0.357 e. The zero-order valence-corrected chi connectivity index (χ0v) is 21.0. The fourth-order valence-electron chi connectivity index (χ4n) is 3.46. The van der Waals surface area contributed by atoms with Gasteiger partial charge in [-0.1, -0.05) is 24.3 Å². The molecule has 0 radical (unpaired) electrons. The molecule has 8 heteroatoms. The average molecular weight is 542 g/mol. The van der Waals surface area contributed by atoms with E-state index in [1.54, 1.807) is 11.3 Å². The summed E-state index contributed by atoms with van der Waals surface area (Å²) in [5.41, 5.74) is 3.76. The van der Waals surface area contributed by atoms with Gasteiger partial charge in [0.05, 0.1) is 10.7 Å². The van der Waals surface area contributed by atoms with Crippen LogP contribution in [-0.4, -0.2) is 47.9 Å². The lowest BCUT2D eigenvalue weighted by Crippen LogP contribution is -2.38. The molecule has 1 aliphatic heterocycles. The smallest absolute Gasteiger partial charge is 0.222 e. The Kier molecular flexibility index (Phi) is 10.6. The van der Waals surface area contributed by atoms with Crippen LogP contribution in [-0.2, 0) is 24.2 Å². The first-order chi connectivity index (χ1) is 14.2. The number of thiazole rings is 1. The third kappa shape index (κ3) is 7.54. The van der Waals surface area contributed by atoms with Gasteiger partial charge in [0.1, 0.15) is 0 Å². The van der Waals surface area contributed by atoms with Crippen molar-refractivity contribution < 1.29 is 4.79 Å². The molecule has 2 heterocycles. The molecule has 0 fully saturated rings. The lowest BCUT2D eigenvalue weighted by atomic mass is 9.99. The molecule has 0 saturated carbocycles. The highest BCUT2D eigenvalue weighted by atomic mass is 127. The molecule has 2 aromatic rings. The number of nitrogens with one attached hydrogen (secondary N) is 2. The predicted octanol–water partition coefficient (Wildman–Crippen LogP) is 3.53.